The fourth-order valence-corrected chi connectivity index (χ4v) is 3.64. The Labute approximate surface area is 228 Å². The van der Waals surface area contributed by atoms with Crippen LogP contribution in [0.15, 0.2) is 65.7 Å². The zero-order chi connectivity index (χ0) is 27.1. The minimum absolute atomic E-state index is 0.359. The molecule has 9 nitrogen and oxygen atoms in total. The van der Waals surface area contributed by atoms with Gasteiger partial charge in [-0.25, -0.2) is 0 Å². The minimum Gasteiger partial charge on any atom is -0.493 e. The summed E-state index contributed by atoms with van der Waals surface area (Å²) < 4.78 is 39.8. The molecule has 0 N–H and O–H groups in total. The number of rotatable bonds is 6. The zero-order valence-electron chi connectivity index (χ0n) is 22.0. The average molecular weight is 533 g/mol. The quantitative estimate of drug-likeness (QED) is 0.421. The molecule has 0 aromatic heterocycles. The molecule has 1 aliphatic rings. The van der Waals surface area contributed by atoms with Gasteiger partial charge in [0, 0.05) is 12.3 Å². The van der Waals surface area contributed by atoms with Crippen LogP contribution in [0.4, 0.5) is 5.69 Å². The van der Waals surface area contributed by atoms with Crippen molar-refractivity contribution < 1.29 is 33.2 Å². The van der Waals surface area contributed by atoms with Crippen LogP contribution in [0, 0.1) is 11.3 Å². The fourth-order valence-electron chi connectivity index (χ4n) is 3.64. The van der Waals surface area contributed by atoms with Crippen LogP contribution in [-0.2, 0) is 20.8 Å². The van der Waals surface area contributed by atoms with Crippen LogP contribution in [-0.4, -0.2) is 66.2 Å². The molecule has 0 unspecified atom stereocenters. The maximum Gasteiger partial charge on any atom is 0.163 e. The van der Waals surface area contributed by atoms with Crippen LogP contribution in [0.25, 0.3) is 0 Å². The Morgan fingerprint density at radius 3 is 2.10 bits per heavy atom. The predicted octanol–water partition coefficient (Wildman–Crippen LogP) is 4.72. The first-order valence-electron chi connectivity index (χ1n) is 12.7. The number of methoxy groups -OCH3 is 1. The zero-order valence-corrected chi connectivity index (χ0v) is 22.0. The van der Waals surface area contributed by atoms with Gasteiger partial charge in [0.25, 0.3) is 0 Å². The lowest BCUT2D eigenvalue weighted by molar-refractivity contribution is 0.00708. The molecule has 3 aromatic rings. The molecule has 0 amide bonds. The Balaban J connectivity index is 1.41. The van der Waals surface area contributed by atoms with Crippen LogP contribution >= 0.6 is 0 Å². The van der Waals surface area contributed by atoms with Crippen molar-refractivity contribution in [2.24, 2.45) is 4.99 Å². The number of hydrogen-bond acceptors (Lipinski definition) is 9. The van der Waals surface area contributed by atoms with Crippen molar-refractivity contribution >= 4 is 11.9 Å². The van der Waals surface area contributed by atoms with Crippen LogP contribution < -0.4 is 18.9 Å². The molecule has 0 atom stereocenters. The second kappa shape index (κ2) is 15.3. The van der Waals surface area contributed by atoms with Gasteiger partial charge in [-0.2, -0.15) is 5.26 Å². The summed E-state index contributed by atoms with van der Waals surface area (Å²) in [4.78, 5) is 4.61. The minimum atomic E-state index is 0.359. The van der Waals surface area contributed by atoms with Crippen molar-refractivity contribution in [2.45, 2.75) is 6.61 Å². The molecule has 0 spiro atoms. The van der Waals surface area contributed by atoms with Gasteiger partial charge in [-0.15, -0.1) is 0 Å². The lowest BCUT2D eigenvalue weighted by Gasteiger charge is -2.13. The molecule has 39 heavy (non-hydrogen) atoms. The van der Waals surface area contributed by atoms with Crippen molar-refractivity contribution in [1.82, 2.24) is 0 Å². The number of fused-ring (bicyclic) bond motifs is 1. The Kier molecular flexibility index (Phi) is 11.0. The van der Waals surface area contributed by atoms with E-state index in [2.05, 4.69) is 11.1 Å². The lowest BCUT2D eigenvalue weighted by Crippen LogP contribution is -2.13. The third-order valence-electron chi connectivity index (χ3n) is 5.67. The molecule has 0 saturated heterocycles. The van der Waals surface area contributed by atoms with Gasteiger partial charge >= 0.3 is 0 Å². The van der Waals surface area contributed by atoms with E-state index < -0.39 is 0 Å². The average Bonchev–Trinajstić information content (AvgIpc) is 2.99. The van der Waals surface area contributed by atoms with E-state index in [1.165, 1.54) is 0 Å². The van der Waals surface area contributed by atoms with E-state index in [9.17, 15) is 0 Å². The summed E-state index contributed by atoms with van der Waals surface area (Å²) in [5, 5.41) is 8.95. The van der Waals surface area contributed by atoms with Crippen molar-refractivity contribution in [3.8, 4) is 29.1 Å². The summed E-state index contributed by atoms with van der Waals surface area (Å²) >= 11 is 0. The highest BCUT2D eigenvalue weighted by atomic mass is 16.6. The molecule has 0 bridgehead atoms. The maximum absolute atomic E-state index is 8.95. The largest absolute Gasteiger partial charge is 0.493 e. The molecule has 9 heteroatoms. The highest BCUT2D eigenvalue weighted by Gasteiger charge is 2.09. The number of benzene rings is 3. The van der Waals surface area contributed by atoms with Gasteiger partial charge in [-0.1, -0.05) is 12.1 Å². The highest BCUT2D eigenvalue weighted by Crippen LogP contribution is 2.32. The summed E-state index contributed by atoms with van der Waals surface area (Å²) in [7, 11) is 1.60. The molecule has 0 fully saturated rings. The normalized spacial score (nSPS) is 15.1. The summed E-state index contributed by atoms with van der Waals surface area (Å²) in [6.45, 7) is 4.08. The van der Waals surface area contributed by atoms with Crippen molar-refractivity contribution in [2.75, 3.05) is 60.0 Å². The Morgan fingerprint density at radius 1 is 0.769 bits per heavy atom. The number of nitriles is 1. The van der Waals surface area contributed by atoms with E-state index >= 15 is 0 Å². The summed E-state index contributed by atoms with van der Waals surface area (Å²) in [5.41, 5.74) is 3.12. The van der Waals surface area contributed by atoms with E-state index in [4.69, 9.17) is 38.4 Å². The Hall–Kier alpha value is -4.10. The van der Waals surface area contributed by atoms with Crippen LogP contribution in [0.2, 0.25) is 0 Å². The van der Waals surface area contributed by atoms with Gasteiger partial charge in [-0.3, -0.25) is 4.99 Å². The first kappa shape index (κ1) is 27.9. The van der Waals surface area contributed by atoms with Crippen LogP contribution in [0.1, 0.15) is 16.7 Å². The van der Waals surface area contributed by atoms with E-state index in [0.29, 0.717) is 93.7 Å². The Bertz CT molecular complexity index is 1260. The fraction of sp³-hybridized carbons (Fsp3) is 0.333. The van der Waals surface area contributed by atoms with Gasteiger partial charge in [-0.05, 0) is 53.6 Å². The van der Waals surface area contributed by atoms with Crippen molar-refractivity contribution in [3.05, 3.63) is 77.4 Å². The second-order valence-electron chi connectivity index (χ2n) is 8.43. The number of aliphatic imine (C=N–C) groups is 1. The number of nitrogens with zero attached hydrogens (tertiary/aromatic N) is 2. The molecule has 204 valence electrons. The molecular formula is C30H32N2O7. The standard InChI is InChI=1S/C30H32N2O7/c1-33-29-18-25(6-8-27(29)39-22-24-4-2-23(20-31)3-5-24)21-32-26-7-9-28-30(19-26)38-17-15-36-13-11-34-10-12-35-14-16-37-28/h2-9,18-19,21H,10-17,22H2,1H3. The second-order valence-corrected chi connectivity index (χ2v) is 8.43. The molecule has 0 aliphatic carbocycles. The monoisotopic (exact) mass is 532 g/mol. The highest BCUT2D eigenvalue weighted by molar-refractivity contribution is 5.83. The van der Waals surface area contributed by atoms with Crippen molar-refractivity contribution in [1.29, 1.82) is 5.26 Å². The maximum atomic E-state index is 8.95. The SMILES string of the molecule is COc1cc(C=Nc2ccc3c(c2)OCCOCCOCCOCCO3)ccc1OCc1ccc(C#N)cc1. The third kappa shape index (κ3) is 9.00. The molecule has 0 radical (unpaired) electrons. The van der Waals surface area contributed by atoms with E-state index in [-0.39, 0.29) is 0 Å². The van der Waals surface area contributed by atoms with E-state index in [1.807, 2.05) is 48.5 Å². The van der Waals surface area contributed by atoms with Gasteiger partial charge in [0.1, 0.15) is 19.8 Å². The number of hydrogen-bond donors (Lipinski definition) is 0. The third-order valence-corrected chi connectivity index (χ3v) is 5.67. The van der Waals surface area contributed by atoms with Crippen molar-refractivity contribution in [3.63, 3.8) is 0 Å². The van der Waals surface area contributed by atoms with Gasteiger partial charge in [0.15, 0.2) is 23.0 Å². The molecule has 0 saturated carbocycles. The summed E-state index contributed by atoms with van der Waals surface area (Å²) in [5.74, 6) is 2.42. The predicted molar refractivity (Wildman–Crippen MR) is 146 cm³/mol. The summed E-state index contributed by atoms with van der Waals surface area (Å²) in [6.07, 6.45) is 1.75. The molecule has 3 aromatic carbocycles. The van der Waals surface area contributed by atoms with Crippen LogP contribution in [0.3, 0.4) is 0 Å². The molecule has 4 rings (SSSR count). The van der Waals surface area contributed by atoms with Crippen LogP contribution in [0.5, 0.6) is 23.0 Å². The topological polar surface area (TPSA) is 101 Å². The molecule has 1 aliphatic heterocycles. The van der Waals surface area contributed by atoms with E-state index in [1.54, 1.807) is 25.5 Å². The van der Waals surface area contributed by atoms with Gasteiger partial charge in [0.05, 0.1) is 64.1 Å². The number of ether oxygens (including phenoxy) is 7. The first-order chi connectivity index (χ1) is 19.2. The van der Waals surface area contributed by atoms with Gasteiger partial charge < -0.3 is 33.2 Å². The summed E-state index contributed by atoms with van der Waals surface area (Å²) in [6, 6.07) is 20.5. The van der Waals surface area contributed by atoms with E-state index in [0.717, 1.165) is 11.1 Å². The Morgan fingerprint density at radius 2 is 1.44 bits per heavy atom. The molecular weight excluding hydrogens is 500 g/mol. The van der Waals surface area contributed by atoms with Gasteiger partial charge in [0.2, 0.25) is 0 Å². The first-order valence-corrected chi connectivity index (χ1v) is 12.7. The molecule has 1 heterocycles. The lowest BCUT2D eigenvalue weighted by atomic mass is 10.1. The smallest absolute Gasteiger partial charge is 0.163 e.